The van der Waals surface area contributed by atoms with Gasteiger partial charge in [0.25, 0.3) is 0 Å². The SMILES string of the molecule is CNC(=O)Cc1c(-c2ccc(F)c(C)c2)nc2ccc(C)cn12. The number of rotatable bonds is 3. The molecule has 1 amide bonds. The molecule has 1 N–H and O–H groups in total. The van der Waals surface area contributed by atoms with Crippen LogP contribution in [0.25, 0.3) is 16.9 Å². The molecule has 2 heterocycles. The van der Waals surface area contributed by atoms with Crippen LogP contribution in [-0.4, -0.2) is 22.3 Å². The third-order valence-electron chi connectivity index (χ3n) is 3.90. The average Bonchev–Trinajstić information content (AvgIpc) is 2.88. The highest BCUT2D eigenvalue weighted by Crippen LogP contribution is 2.27. The van der Waals surface area contributed by atoms with Gasteiger partial charge in [0.15, 0.2) is 0 Å². The fourth-order valence-electron chi connectivity index (χ4n) is 2.63. The molecule has 0 fully saturated rings. The van der Waals surface area contributed by atoms with E-state index in [1.807, 2.05) is 29.7 Å². The van der Waals surface area contributed by atoms with Crippen molar-refractivity contribution in [2.75, 3.05) is 7.05 Å². The molecular formula is C18H18FN3O. The van der Waals surface area contributed by atoms with Crippen LogP contribution in [0.2, 0.25) is 0 Å². The molecule has 5 heteroatoms. The molecule has 0 bridgehead atoms. The summed E-state index contributed by atoms with van der Waals surface area (Å²) in [5.41, 5.74) is 4.73. The van der Waals surface area contributed by atoms with E-state index in [9.17, 15) is 9.18 Å². The number of nitrogens with zero attached hydrogens (tertiary/aromatic N) is 2. The topological polar surface area (TPSA) is 46.4 Å². The molecule has 118 valence electrons. The number of aromatic nitrogens is 2. The van der Waals surface area contributed by atoms with Crippen LogP contribution in [-0.2, 0) is 11.2 Å². The van der Waals surface area contributed by atoms with E-state index < -0.39 is 0 Å². The van der Waals surface area contributed by atoms with Crippen molar-refractivity contribution in [2.24, 2.45) is 0 Å². The van der Waals surface area contributed by atoms with E-state index >= 15 is 0 Å². The zero-order chi connectivity index (χ0) is 16.6. The van der Waals surface area contributed by atoms with Gasteiger partial charge in [0.05, 0.1) is 17.8 Å². The van der Waals surface area contributed by atoms with E-state index in [1.54, 1.807) is 26.1 Å². The lowest BCUT2D eigenvalue weighted by atomic mass is 10.1. The minimum absolute atomic E-state index is 0.0895. The summed E-state index contributed by atoms with van der Waals surface area (Å²) in [6, 6.07) is 8.79. The largest absolute Gasteiger partial charge is 0.359 e. The fraction of sp³-hybridized carbons (Fsp3) is 0.222. The third-order valence-corrected chi connectivity index (χ3v) is 3.90. The van der Waals surface area contributed by atoms with Gasteiger partial charge in [-0.3, -0.25) is 4.79 Å². The Labute approximate surface area is 134 Å². The molecule has 1 aromatic carbocycles. The van der Waals surface area contributed by atoms with Crippen molar-refractivity contribution < 1.29 is 9.18 Å². The normalized spacial score (nSPS) is 11.0. The summed E-state index contributed by atoms with van der Waals surface area (Å²) < 4.78 is 15.5. The lowest BCUT2D eigenvalue weighted by molar-refractivity contribution is -0.120. The van der Waals surface area contributed by atoms with Crippen molar-refractivity contribution in [3.8, 4) is 11.3 Å². The van der Waals surface area contributed by atoms with Gasteiger partial charge in [-0.1, -0.05) is 6.07 Å². The Balaban J connectivity index is 2.23. The zero-order valence-electron chi connectivity index (χ0n) is 13.4. The summed E-state index contributed by atoms with van der Waals surface area (Å²) in [5, 5.41) is 2.64. The predicted molar refractivity (Wildman–Crippen MR) is 87.8 cm³/mol. The van der Waals surface area contributed by atoms with Crippen LogP contribution < -0.4 is 5.32 Å². The van der Waals surface area contributed by atoms with Gasteiger partial charge in [-0.05, 0) is 49.2 Å². The minimum Gasteiger partial charge on any atom is -0.359 e. The van der Waals surface area contributed by atoms with E-state index in [2.05, 4.69) is 10.3 Å². The molecule has 23 heavy (non-hydrogen) atoms. The van der Waals surface area contributed by atoms with Crippen molar-refractivity contribution >= 4 is 11.6 Å². The Hall–Kier alpha value is -2.69. The lowest BCUT2D eigenvalue weighted by Gasteiger charge is -2.06. The number of pyridine rings is 1. The second kappa shape index (κ2) is 5.83. The number of hydrogen-bond donors (Lipinski definition) is 1. The Bertz CT molecular complexity index is 899. The second-order valence-corrected chi connectivity index (χ2v) is 5.66. The lowest BCUT2D eigenvalue weighted by Crippen LogP contribution is -2.21. The Morgan fingerprint density at radius 3 is 2.74 bits per heavy atom. The number of fused-ring (bicyclic) bond motifs is 1. The molecule has 3 rings (SSSR count). The van der Waals surface area contributed by atoms with Gasteiger partial charge in [-0.25, -0.2) is 9.37 Å². The van der Waals surface area contributed by atoms with Crippen LogP contribution in [0.3, 0.4) is 0 Å². The van der Waals surface area contributed by atoms with Crippen molar-refractivity contribution in [3.05, 3.63) is 59.2 Å². The standard InChI is InChI=1S/C18H18FN3O/c1-11-4-7-16-21-18(13-5-6-14(19)12(2)8-13)15(22(16)10-11)9-17(23)20-3/h4-8,10H,9H2,1-3H3,(H,20,23). The second-order valence-electron chi connectivity index (χ2n) is 5.66. The number of nitrogens with one attached hydrogen (secondary N) is 1. The van der Waals surface area contributed by atoms with Crippen molar-refractivity contribution in [3.63, 3.8) is 0 Å². The molecule has 0 aliphatic carbocycles. The third kappa shape index (κ3) is 2.82. The van der Waals surface area contributed by atoms with Gasteiger partial charge in [0.1, 0.15) is 11.5 Å². The molecule has 0 atom stereocenters. The predicted octanol–water partition coefficient (Wildman–Crippen LogP) is 3.05. The number of halogens is 1. The smallest absolute Gasteiger partial charge is 0.225 e. The number of carbonyl (C=O) groups excluding carboxylic acids is 1. The van der Waals surface area contributed by atoms with Crippen LogP contribution in [0.1, 0.15) is 16.8 Å². The first kappa shape index (κ1) is 15.2. The summed E-state index contributed by atoms with van der Waals surface area (Å²) in [6.45, 7) is 3.71. The number of benzene rings is 1. The summed E-state index contributed by atoms with van der Waals surface area (Å²) in [4.78, 5) is 16.5. The van der Waals surface area contributed by atoms with Crippen LogP contribution in [0.15, 0.2) is 36.5 Å². The number of hydrogen-bond acceptors (Lipinski definition) is 2. The van der Waals surface area contributed by atoms with E-state index in [-0.39, 0.29) is 18.1 Å². The minimum atomic E-state index is -0.249. The molecule has 3 aromatic rings. The first-order chi connectivity index (χ1) is 11.0. The fourth-order valence-corrected chi connectivity index (χ4v) is 2.63. The maximum Gasteiger partial charge on any atom is 0.225 e. The number of likely N-dealkylation sites (N-methyl/N-ethyl adjacent to an activating group) is 1. The highest BCUT2D eigenvalue weighted by molar-refractivity contribution is 5.81. The van der Waals surface area contributed by atoms with Crippen LogP contribution in [0.5, 0.6) is 0 Å². The van der Waals surface area contributed by atoms with Gasteiger partial charge in [-0.15, -0.1) is 0 Å². The summed E-state index contributed by atoms with van der Waals surface area (Å²) in [5.74, 6) is -0.338. The monoisotopic (exact) mass is 311 g/mol. The molecule has 0 saturated heterocycles. The number of aryl methyl sites for hydroxylation is 2. The highest BCUT2D eigenvalue weighted by atomic mass is 19.1. The van der Waals surface area contributed by atoms with Crippen LogP contribution in [0.4, 0.5) is 4.39 Å². The zero-order valence-corrected chi connectivity index (χ0v) is 13.4. The first-order valence-corrected chi connectivity index (χ1v) is 7.44. The summed E-state index contributed by atoms with van der Waals surface area (Å²) in [7, 11) is 1.61. The van der Waals surface area contributed by atoms with Gasteiger partial charge < -0.3 is 9.72 Å². The quantitative estimate of drug-likeness (QED) is 0.808. The summed E-state index contributed by atoms with van der Waals surface area (Å²) >= 11 is 0. The molecule has 4 nitrogen and oxygen atoms in total. The van der Waals surface area contributed by atoms with E-state index in [1.165, 1.54) is 6.07 Å². The number of amides is 1. The molecule has 0 unspecified atom stereocenters. The van der Waals surface area contributed by atoms with E-state index in [0.29, 0.717) is 11.3 Å². The summed E-state index contributed by atoms with van der Waals surface area (Å²) in [6.07, 6.45) is 2.17. The average molecular weight is 311 g/mol. The van der Waals surface area contributed by atoms with E-state index in [4.69, 9.17) is 0 Å². The molecule has 0 radical (unpaired) electrons. The van der Waals surface area contributed by atoms with Gasteiger partial charge in [0.2, 0.25) is 5.91 Å². The Kier molecular flexibility index (Phi) is 3.86. The maximum absolute atomic E-state index is 13.5. The van der Waals surface area contributed by atoms with Gasteiger partial charge >= 0.3 is 0 Å². The van der Waals surface area contributed by atoms with Gasteiger partial charge in [-0.2, -0.15) is 0 Å². The Morgan fingerprint density at radius 2 is 2.04 bits per heavy atom. The number of imidazole rings is 1. The molecule has 0 aliphatic rings. The van der Waals surface area contributed by atoms with Crippen LogP contribution >= 0.6 is 0 Å². The molecule has 0 aliphatic heterocycles. The van der Waals surface area contributed by atoms with Gasteiger partial charge in [0, 0.05) is 18.8 Å². The number of carbonyl (C=O) groups is 1. The maximum atomic E-state index is 13.5. The molecule has 0 spiro atoms. The highest BCUT2D eigenvalue weighted by Gasteiger charge is 2.17. The molecule has 2 aromatic heterocycles. The Morgan fingerprint density at radius 1 is 1.26 bits per heavy atom. The van der Waals surface area contributed by atoms with Crippen molar-refractivity contribution in [2.45, 2.75) is 20.3 Å². The molecule has 0 saturated carbocycles. The van der Waals surface area contributed by atoms with Crippen molar-refractivity contribution in [1.29, 1.82) is 0 Å². The van der Waals surface area contributed by atoms with Crippen molar-refractivity contribution in [1.82, 2.24) is 14.7 Å². The van der Waals surface area contributed by atoms with Crippen LogP contribution in [0, 0.1) is 19.7 Å². The van der Waals surface area contributed by atoms with E-state index in [0.717, 1.165) is 22.5 Å². The molecular weight excluding hydrogens is 293 g/mol. The first-order valence-electron chi connectivity index (χ1n) is 7.44.